The zero-order chi connectivity index (χ0) is 13.0. The molecular weight excluding hydrogens is 301 g/mol. The van der Waals surface area contributed by atoms with Crippen molar-refractivity contribution in [1.29, 1.82) is 0 Å². The van der Waals surface area contributed by atoms with E-state index in [0.717, 1.165) is 18.9 Å². The van der Waals surface area contributed by atoms with E-state index in [-0.39, 0.29) is 36.8 Å². The fourth-order valence-corrected chi connectivity index (χ4v) is 1.92. The molecule has 0 aromatic carbocycles. The molecule has 1 amide bonds. The van der Waals surface area contributed by atoms with Crippen LogP contribution in [0.15, 0.2) is 12.1 Å². The number of carbonyl (C=O) groups excluding carboxylic acids is 1. The minimum atomic E-state index is -0.228. The van der Waals surface area contributed by atoms with Crippen molar-refractivity contribution in [2.45, 2.75) is 25.8 Å². The van der Waals surface area contributed by atoms with E-state index in [4.69, 9.17) is 5.73 Å². The topological polar surface area (TPSA) is 84.1 Å². The highest BCUT2D eigenvalue weighted by molar-refractivity contribution is 5.92. The van der Waals surface area contributed by atoms with Gasteiger partial charge >= 0.3 is 0 Å². The lowest BCUT2D eigenvalue weighted by molar-refractivity contribution is 0.0935. The smallest absolute Gasteiger partial charge is 0.272 e. The number of halogens is 2. The maximum Gasteiger partial charge on any atom is 0.272 e. The van der Waals surface area contributed by atoms with Crippen molar-refractivity contribution in [2.24, 2.45) is 5.73 Å². The molecule has 2 rings (SSSR count). The van der Waals surface area contributed by atoms with E-state index in [9.17, 15) is 4.79 Å². The van der Waals surface area contributed by atoms with Crippen LogP contribution in [0.3, 0.4) is 0 Å². The number of anilines is 1. The molecule has 0 aliphatic carbocycles. The lowest BCUT2D eigenvalue weighted by Crippen LogP contribution is -2.38. The second-order valence-corrected chi connectivity index (χ2v) is 4.58. The molecule has 0 bridgehead atoms. The summed E-state index contributed by atoms with van der Waals surface area (Å²) in [6.45, 7) is 4.30. The summed E-state index contributed by atoms with van der Waals surface area (Å²) in [7, 11) is 0. The van der Waals surface area contributed by atoms with Crippen LogP contribution in [0.25, 0.3) is 0 Å². The number of rotatable bonds is 4. The predicted octanol–water partition coefficient (Wildman–Crippen LogP) is 0.997. The molecule has 0 saturated carbocycles. The van der Waals surface area contributed by atoms with Gasteiger partial charge in [-0.2, -0.15) is 0 Å². The number of nitrogens with two attached hydrogens (primary N) is 1. The van der Waals surface area contributed by atoms with Gasteiger partial charge in [0.15, 0.2) is 11.5 Å². The summed E-state index contributed by atoms with van der Waals surface area (Å²) in [4.78, 5) is 13.9. The molecule has 1 atom stereocenters. The molecule has 0 radical (unpaired) electrons. The molecule has 1 aliphatic heterocycles. The fourth-order valence-electron chi connectivity index (χ4n) is 1.92. The Morgan fingerprint density at radius 3 is 2.50 bits per heavy atom. The Labute approximate surface area is 131 Å². The van der Waals surface area contributed by atoms with Gasteiger partial charge in [-0.1, -0.05) is 0 Å². The number of carbonyl (C=O) groups is 1. The molecule has 1 aliphatic rings. The SMILES string of the molecule is C[C@@H](CN)NC(=O)c1ccc(N2CCCC2)nn1.Cl.Cl. The van der Waals surface area contributed by atoms with Gasteiger partial charge in [-0.15, -0.1) is 35.0 Å². The summed E-state index contributed by atoms with van der Waals surface area (Å²) < 4.78 is 0. The Balaban J connectivity index is 0.00000180. The molecule has 114 valence electrons. The summed E-state index contributed by atoms with van der Waals surface area (Å²) in [5.41, 5.74) is 5.78. The van der Waals surface area contributed by atoms with Crippen molar-refractivity contribution in [3.05, 3.63) is 17.8 Å². The van der Waals surface area contributed by atoms with Crippen molar-refractivity contribution in [3.8, 4) is 0 Å². The molecule has 1 aromatic rings. The van der Waals surface area contributed by atoms with Crippen LogP contribution in [0, 0.1) is 0 Å². The van der Waals surface area contributed by atoms with Crippen molar-refractivity contribution in [1.82, 2.24) is 15.5 Å². The van der Waals surface area contributed by atoms with E-state index in [2.05, 4.69) is 20.4 Å². The van der Waals surface area contributed by atoms with Crippen molar-refractivity contribution >= 4 is 36.5 Å². The van der Waals surface area contributed by atoms with E-state index in [1.807, 2.05) is 13.0 Å². The molecule has 2 heterocycles. The van der Waals surface area contributed by atoms with Crippen LogP contribution in [0.5, 0.6) is 0 Å². The first kappa shape index (κ1) is 18.9. The van der Waals surface area contributed by atoms with Crippen molar-refractivity contribution in [2.75, 3.05) is 24.5 Å². The number of nitrogens with one attached hydrogen (secondary N) is 1. The molecular formula is C12H21Cl2N5O. The van der Waals surface area contributed by atoms with Gasteiger partial charge in [-0.25, -0.2) is 0 Å². The Morgan fingerprint density at radius 1 is 1.35 bits per heavy atom. The highest BCUT2D eigenvalue weighted by Crippen LogP contribution is 2.16. The minimum absolute atomic E-state index is 0. The van der Waals surface area contributed by atoms with E-state index in [1.54, 1.807) is 6.07 Å². The van der Waals surface area contributed by atoms with Crippen molar-refractivity contribution in [3.63, 3.8) is 0 Å². The molecule has 1 aromatic heterocycles. The third-order valence-corrected chi connectivity index (χ3v) is 3.04. The number of hydrogen-bond acceptors (Lipinski definition) is 5. The summed E-state index contributed by atoms with van der Waals surface area (Å²) >= 11 is 0. The summed E-state index contributed by atoms with van der Waals surface area (Å²) in [5, 5.41) is 10.8. The molecule has 20 heavy (non-hydrogen) atoms. The van der Waals surface area contributed by atoms with Gasteiger partial charge in [0.25, 0.3) is 5.91 Å². The average molecular weight is 322 g/mol. The Morgan fingerprint density at radius 2 is 2.00 bits per heavy atom. The Kier molecular flexibility index (Phi) is 8.45. The molecule has 8 heteroatoms. The molecule has 1 fully saturated rings. The molecule has 6 nitrogen and oxygen atoms in total. The number of amides is 1. The summed E-state index contributed by atoms with van der Waals surface area (Å²) in [6.07, 6.45) is 2.38. The highest BCUT2D eigenvalue weighted by Gasteiger charge is 2.15. The normalized spacial score (nSPS) is 15.0. The van der Waals surface area contributed by atoms with Gasteiger partial charge in [0.05, 0.1) is 0 Å². The predicted molar refractivity (Wildman–Crippen MR) is 84.0 cm³/mol. The van der Waals surface area contributed by atoms with Gasteiger partial charge in [0, 0.05) is 25.7 Å². The average Bonchev–Trinajstić information content (AvgIpc) is 2.92. The van der Waals surface area contributed by atoms with Crippen LogP contribution >= 0.6 is 24.8 Å². The quantitative estimate of drug-likeness (QED) is 0.864. The van der Waals surface area contributed by atoms with E-state index >= 15 is 0 Å². The first-order valence-corrected chi connectivity index (χ1v) is 6.30. The van der Waals surface area contributed by atoms with E-state index in [1.165, 1.54) is 12.8 Å². The third kappa shape index (κ3) is 4.77. The van der Waals surface area contributed by atoms with Crippen LogP contribution in [0.2, 0.25) is 0 Å². The van der Waals surface area contributed by atoms with Crippen LogP contribution in [0.4, 0.5) is 5.82 Å². The second-order valence-electron chi connectivity index (χ2n) is 4.58. The van der Waals surface area contributed by atoms with Crippen molar-refractivity contribution < 1.29 is 4.79 Å². The lowest BCUT2D eigenvalue weighted by atomic mass is 10.3. The summed E-state index contributed by atoms with van der Waals surface area (Å²) in [6, 6.07) is 3.50. The maximum atomic E-state index is 11.8. The van der Waals surface area contributed by atoms with Gasteiger partial charge in [0.2, 0.25) is 0 Å². The largest absolute Gasteiger partial charge is 0.355 e. The molecule has 3 N–H and O–H groups in total. The van der Waals surface area contributed by atoms with E-state index in [0.29, 0.717) is 12.2 Å². The standard InChI is InChI=1S/C12H19N5O.2ClH/c1-9(8-13)14-12(18)10-4-5-11(16-15-10)17-6-2-3-7-17;;/h4-5,9H,2-3,6-8,13H2,1H3,(H,14,18);2*1H/t9-;;/m0../s1. The van der Waals surface area contributed by atoms with Gasteiger partial charge < -0.3 is 16.0 Å². The molecule has 1 saturated heterocycles. The zero-order valence-corrected chi connectivity index (χ0v) is 13.0. The number of hydrogen-bond donors (Lipinski definition) is 2. The third-order valence-electron chi connectivity index (χ3n) is 3.04. The fraction of sp³-hybridized carbons (Fsp3) is 0.583. The zero-order valence-electron chi connectivity index (χ0n) is 11.4. The highest BCUT2D eigenvalue weighted by atomic mass is 35.5. The first-order chi connectivity index (χ1) is 8.70. The van der Waals surface area contributed by atoms with Crippen LogP contribution < -0.4 is 16.0 Å². The second kappa shape index (κ2) is 8.94. The van der Waals surface area contributed by atoms with Gasteiger partial charge in [-0.05, 0) is 31.9 Å². The summed E-state index contributed by atoms with van der Waals surface area (Å²) in [5.74, 6) is 0.615. The monoisotopic (exact) mass is 321 g/mol. The van der Waals surface area contributed by atoms with Crippen LogP contribution in [-0.4, -0.2) is 41.8 Å². The lowest BCUT2D eigenvalue weighted by Gasteiger charge is -2.15. The Bertz CT molecular complexity index is 409. The van der Waals surface area contributed by atoms with Crippen LogP contribution in [0.1, 0.15) is 30.3 Å². The van der Waals surface area contributed by atoms with Crippen LogP contribution in [-0.2, 0) is 0 Å². The number of aromatic nitrogens is 2. The number of nitrogens with zero attached hydrogens (tertiary/aromatic N) is 3. The molecule has 0 spiro atoms. The Hall–Kier alpha value is -1.11. The minimum Gasteiger partial charge on any atom is -0.355 e. The van der Waals surface area contributed by atoms with E-state index < -0.39 is 0 Å². The molecule has 0 unspecified atom stereocenters. The first-order valence-electron chi connectivity index (χ1n) is 6.30. The maximum absolute atomic E-state index is 11.8. The van der Waals surface area contributed by atoms with Gasteiger partial charge in [-0.3, -0.25) is 4.79 Å². The van der Waals surface area contributed by atoms with Gasteiger partial charge in [0.1, 0.15) is 0 Å².